The molecule has 0 N–H and O–H groups in total. The van der Waals surface area contributed by atoms with E-state index in [1.165, 1.54) is 30.9 Å². The number of piperidine rings is 1. The van der Waals surface area contributed by atoms with E-state index in [4.69, 9.17) is 0 Å². The third-order valence-electron chi connectivity index (χ3n) is 3.78. The lowest BCUT2D eigenvalue weighted by atomic mass is 9.97. The topological polar surface area (TPSA) is 34.0 Å². The van der Waals surface area contributed by atoms with E-state index in [2.05, 4.69) is 38.8 Å². The fraction of sp³-hybridized carbons (Fsp3) is 0.571. The van der Waals surface area contributed by atoms with Crippen LogP contribution in [0, 0.1) is 6.92 Å². The lowest BCUT2D eigenvalue weighted by molar-refractivity contribution is 0.193. The number of aromatic nitrogens is 3. The third-order valence-corrected chi connectivity index (χ3v) is 4.60. The fourth-order valence-corrected chi connectivity index (χ4v) is 3.49. The summed E-state index contributed by atoms with van der Waals surface area (Å²) in [6, 6.07) is 0. The van der Waals surface area contributed by atoms with Crippen LogP contribution in [0.25, 0.3) is 0 Å². The first-order valence-corrected chi connectivity index (χ1v) is 7.71. The maximum atomic E-state index is 4.57. The summed E-state index contributed by atoms with van der Waals surface area (Å²) in [4.78, 5) is 11.6. The molecule has 19 heavy (non-hydrogen) atoms. The Labute approximate surface area is 118 Å². The molecule has 1 fully saturated rings. The number of imidazole rings is 1. The highest BCUT2D eigenvalue weighted by Gasteiger charge is 2.24. The van der Waals surface area contributed by atoms with Crippen molar-refractivity contribution in [1.82, 2.24) is 19.4 Å². The standard InChI is InChI=1S/C14H20N4S/c1-11-16-13(10-19-11)9-18-6-3-4-12(8-18)14-15-5-7-17(14)2/h5,7,10,12H,3-4,6,8-9H2,1-2H3. The first kappa shape index (κ1) is 12.8. The highest BCUT2D eigenvalue weighted by atomic mass is 32.1. The number of likely N-dealkylation sites (tertiary alicyclic amines) is 1. The van der Waals surface area contributed by atoms with Gasteiger partial charge in [0.05, 0.1) is 10.7 Å². The maximum absolute atomic E-state index is 4.57. The van der Waals surface area contributed by atoms with Gasteiger partial charge in [-0.05, 0) is 26.3 Å². The Morgan fingerprint density at radius 1 is 1.47 bits per heavy atom. The van der Waals surface area contributed by atoms with Crippen molar-refractivity contribution < 1.29 is 0 Å². The van der Waals surface area contributed by atoms with Gasteiger partial charge in [0.15, 0.2) is 0 Å². The molecule has 1 unspecified atom stereocenters. The molecule has 0 bridgehead atoms. The minimum Gasteiger partial charge on any atom is -0.338 e. The van der Waals surface area contributed by atoms with Crippen LogP contribution in [0.15, 0.2) is 17.8 Å². The van der Waals surface area contributed by atoms with Gasteiger partial charge in [-0.2, -0.15) is 0 Å². The number of nitrogens with zero attached hydrogens (tertiary/aromatic N) is 4. The highest BCUT2D eigenvalue weighted by molar-refractivity contribution is 7.09. The molecule has 1 aliphatic rings. The Hall–Kier alpha value is -1.20. The largest absolute Gasteiger partial charge is 0.338 e. The van der Waals surface area contributed by atoms with E-state index in [0.717, 1.165) is 18.1 Å². The number of thiazole rings is 1. The van der Waals surface area contributed by atoms with E-state index < -0.39 is 0 Å². The lowest BCUT2D eigenvalue weighted by Crippen LogP contribution is -2.34. The minimum absolute atomic E-state index is 0.563. The van der Waals surface area contributed by atoms with Crippen LogP contribution in [-0.2, 0) is 13.6 Å². The second-order valence-corrected chi connectivity index (χ2v) is 6.39. The zero-order chi connectivity index (χ0) is 13.2. The van der Waals surface area contributed by atoms with Crippen LogP contribution in [0.5, 0.6) is 0 Å². The maximum Gasteiger partial charge on any atom is 0.112 e. The molecule has 102 valence electrons. The van der Waals surface area contributed by atoms with Gasteiger partial charge in [-0.1, -0.05) is 0 Å². The molecular weight excluding hydrogens is 256 g/mol. The molecular formula is C14H20N4S. The molecule has 0 radical (unpaired) electrons. The highest BCUT2D eigenvalue weighted by Crippen LogP contribution is 2.26. The lowest BCUT2D eigenvalue weighted by Gasteiger charge is -2.31. The summed E-state index contributed by atoms with van der Waals surface area (Å²) < 4.78 is 2.15. The predicted molar refractivity (Wildman–Crippen MR) is 77.3 cm³/mol. The molecule has 0 saturated carbocycles. The second-order valence-electron chi connectivity index (χ2n) is 5.33. The molecule has 0 aromatic carbocycles. The summed E-state index contributed by atoms with van der Waals surface area (Å²) in [7, 11) is 2.09. The minimum atomic E-state index is 0.563. The van der Waals surface area contributed by atoms with Crippen molar-refractivity contribution in [3.63, 3.8) is 0 Å². The molecule has 2 aromatic rings. The van der Waals surface area contributed by atoms with E-state index >= 15 is 0 Å². The van der Waals surface area contributed by atoms with Gasteiger partial charge in [0, 0.05) is 43.8 Å². The van der Waals surface area contributed by atoms with Gasteiger partial charge >= 0.3 is 0 Å². The molecule has 0 aliphatic carbocycles. The SMILES string of the molecule is Cc1nc(CN2CCCC(c3nccn3C)C2)cs1. The Balaban J connectivity index is 1.66. The molecule has 1 saturated heterocycles. The van der Waals surface area contributed by atoms with E-state index in [1.54, 1.807) is 11.3 Å². The Morgan fingerprint density at radius 3 is 3.05 bits per heavy atom. The van der Waals surface area contributed by atoms with Crippen LogP contribution in [0.3, 0.4) is 0 Å². The van der Waals surface area contributed by atoms with Crippen LogP contribution in [0.1, 0.15) is 35.3 Å². The van der Waals surface area contributed by atoms with Crippen molar-refractivity contribution in [3.05, 3.63) is 34.3 Å². The Morgan fingerprint density at radius 2 is 2.37 bits per heavy atom. The Bertz CT molecular complexity index is 545. The molecule has 1 aliphatic heterocycles. The van der Waals surface area contributed by atoms with Crippen molar-refractivity contribution >= 4 is 11.3 Å². The summed E-state index contributed by atoms with van der Waals surface area (Å²) in [5.41, 5.74) is 1.21. The van der Waals surface area contributed by atoms with E-state index in [9.17, 15) is 0 Å². The quantitative estimate of drug-likeness (QED) is 0.864. The molecule has 0 spiro atoms. The first-order chi connectivity index (χ1) is 9.22. The number of hydrogen-bond acceptors (Lipinski definition) is 4. The van der Waals surface area contributed by atoms with E-state index in [0.29, 0.717) is 5.92 Å². The fourth-order valence-electron chi connectivity index (χ4n) is 2.89. The summed E-state index contributed by atoms with van der Waals surface area (Å²) in [6.45, 7) is 5.32. The third kappa shape index (κ3) is 2.87. The van der Waals surface area contributed by atoms with Gasteiger partial charge < -0.3 is 4.57 Å². The predicted octanol–water partition coefficient (Wildman–Crippen LogP) is 2.56. The molecule has 3 rings (SSSR count). The van der Waals surface area contributed by atoms with Crippen LogP contribution >= 0.6 is 11.3 Å². The summed E-state index contributed by atoms with van der Waals surface area (Å²) in [6.07, 6.45) is 6.44. The second kappa shape index (κ2) is 5.43. The van der Waals surface area contributed by atoms with Gasteiger partial charge in [0.2, 0.25) is 0 Å². The first-order valence-electron chi connectivity index (χ1n) is 6.83. The Kier molecular flexibility index (Phi) is 3.66. The van der Waals surface area contributed by atoms with Crippen molar-refractivity contribution in [2.24, 2.45) is 7.05 Å². The molecule has 0 amide bonds. The molecule has 5 heteroatoms. The molecule has 1 atom stereocenters. The van der Waals surface area contributed by atoms with Gasteiger partial charge in [-0.15, -0.1) is 11.3 Å². The molecule has 2 aromatic heterocycles. The van der Waals surface area contributed by atoms with Crippen molar-refractivity contribution in [3.8, 4) is 0 Å². The molecule has 4 nitrogen and oxygen atoms in total. The van der Waals surface area contributed by atoms with Gasteiger partial charge in [0.25, 0.3) is 0 Å². The molecule has 3 heterocycles. The van der Waals surface area contributed by atoms with Crippen LogP contribution in [0.4, 0.5) is 0 Å². The van der Waals surface area contributed by atoms with Crippen molar-refractivity contribution in [2.75, 3.05) is 13.1 Å². The van der Waals surface area contributed by atoms with E-state index in [-0.39, 0.29) is 0 Å². The van der Waals surface area contributed by atoms with E-state index in [1.807, 2.05) is 12.4 Å². The average Bonchev–Trinajstić information content (AvgIpc) is 2.99. The number of aryl methyl sites for hydroxylation is 2. The van der Waals surface area contributed by atoms with Gasteiger partial charge in [0.1, 0.15) is 5.82 Å². The summed E-state index contributed by atoms with van der Waals surface area (Å²) in [5, 5.41) is 3.34. The zero-order valence-electron chi connectivity index (χ0n) is 11.5. The number of hydrogen-bond donors (Lipinski definition) is 0. The summed E-state index contributed by atoms with van der Waals surface area (Å²) >= 11 is 1.74. The zero-order valence-corrected chi connectivity index (χ0v) is 12.4. The van der Waals surface area contributed by atoms with Gasteiger partial charge in [-0.25, -0.2) is 9.97 Å². The monoisotopic (exact) mass is 276 g/mol. The van der Waals surface area contributed by atoms with Gasteiger partial charge in [-0.3, -0.25) is 4.90 Å². The smallest absolute Gasteiger partial charge is 0.112 e. The van der Waals surface area contributed by atoms with Crippen LogP contribution in [-0.4, -0.2) is 32.5 Å². The van der Waals surface area contributed by atoms with Crippen LogP contribution < -0.4 is 0 Å². The normalized spacial score (nSPS) is 20.8. The van der Waals surface area contributed by atoms with Crippen LogP contribution in [0.2, 0.25) is 0 Å². The average molecular weight is 276 g/mol. The number of rotatable bonds is 3. The summed E-state index contributed by atoms with van der Waals surface area (Å²) in [5.74, 6) is 1.78. The van der Waals surface area contributed by atoms with Crippen molar-refractivity contribution in [1.29, 1.82) is 0 Å². The van der Waals surface area contributed by atoms with Crippen molar-refractivity contribution in [2.45, 2.75) is 32.2 Å².